The number of hydrogen-bond acceptors (Lipinski definition) is 4. The number of amides is 1. The van der Waals surface area contributed by atoms with Crippen LogP contribution in [0.1, 0.15) is 49.4 Å². The van der Waals surface area contributed by atoms with Crippen LogP contribution >= 0.6 is 0 Å². The summed E-state index contributed by atoms with van der Waals surface area (Å²) in [5.74, 6) is 0.358. The minimum absolute atomic E-state index is 0.120. The van der Waals surface area contributed by atoms with Gasteiger partial charge in [-0.3, -0.25) is 4.79 Å². The van der Waals surface area contributed by atoms with Crippen molar-refractivity contribution in [2.45, 2.75) is 47.1 Å². The summed E-state index contributed by atoms with van der Waals surface area (Å²) >= 11 is 0. The van der Waals surface area contributed by atoms with Crippen LogP contribution in [0.2, 0.25) is 0 Å². The molecule has 1 N–H and O–H groups in total. The second-order valence-electron chi connectivity index (χ2n) is 6.98. The predicted molar refractivity (Wildman–Crippen MR) is 98.7 cm³/mol. The highest BCUT2D eigenvalue weighted by Gasteiger charge is 2.20. The molecule has 0 atom stereocenters. The fourth-order valence-corrected chi connectivity index (χ4v) is 2.45. The van der Waals surface area contributed by atoms with E-state index in [-0.39, 0.29) is 11.4 Å². The van der Waals surface area contributed by atoms with E-state index in [0.717, 1.165) is 16.9 Å². The SMILES string of the molecule is CCN(C(=O)c1cc(C)nc(NC(C)(C)C)n1)c1cccc(C)c1. The number of benzene rings is 1. The average Bonchev–Trinajstić information content (AvgIpc) is 2.45. The molecule has 0 fully saturated rings. The van der Waals surface area contributed by atoms with Gasteiger partial charge in [0.25, 0.3) is 5.91 Å². The smallest absolute Gasteiger partial charge is 0.277 e. The number of hydrogen-bond donors (Lipinski definition) is 1. The van der Waals surface area contributed by atoms with Crippen LogP contribution in [-0.2, 0) is 0 Å². The van der Waals surface area contributed by atoms with Gasteiger partial charge in [-0.1, -0.05) is 12.1 Å². The van der Waals surface area contributed by atoms with Crippen molar-refractivity contribution in [1.29, 1.82) is 0 Å². The first-order valence-corrected chi connectivity index (χ1v) is 8.22. The Bertz CT molecular complexity index is 734. The van der Waals surface area contributed by atoms with Crippen molar-refractivity contribution in [3.63, 3.8) is 0 Å². The quantitative estimate of drug-likeness (QED) is 0.923. The van der Waals surface area contributed by atoms with Crippen LogP contribution in [-0.4, -0.2) is 28.0 Å². The van der Waals surface area contributed by atoms with Crippen molar-refractivity contribution in [3.05, 3.63) is 47.3 Å². The van der Waals surface area contributed by atoms with Gasteiger partial charge in [0.05, 0.1) is 0 Å². The van der Waals surface area contributed by atoms with E-state index in [1.54, 1.807) is 11.0 Å². The molecule has 0 bridgehead atoms. The minimum atomic E-state index is -0.172. The molecule has 1 aromatic heterocycles. The van der Waals surface area contributed by atoms with E-state index < -0.39 is 0 Å². The number of aryl methyl sites for hydroxylation is 2. The maximum atomic E-state index is 13.0. The van der Waals surface area contributed by atoms with Gasteiger partial charge in [-0.25, -0.2) is 9.97 Å². The van der Waals surface area contributed by atoms with Crippen LogP contribution < -0.4 is 10.2 Å². The maximum Gasteiger partial charge on any atom is 0.277 e. The van der Waals surface area contributed by atoms with E-state index in [2.05, 4.69) is 15.3 Å². The third-order valence-electron chi connectivity index (χ3n) is 3.43. The lowest BCUT2D eigenvalue weighted by Gasteiger charge is -2.23. The number of aromatic nitrogens is 2. The molecule has 1 amide bonds. The van der Waals surface area contributed by atoms with Crippen molar-refractivity contribution < 1.29 is 4.79 Å². The van der Waals surface area contributed by atoms with Crippen molar-refractivity contribution in [2.24, 2.45) is 0 Å². The lowest BCUT2D eigenvalue weighted by atomic mass is 10.1. The Labute approximate surface area is 144 Å². The third-order valence-corrected chi connectivity index (χ3v) is 3.43. The first-order valence-electron chi connectivity index (χ1n) is 8.22. The molecule has 1 heterocycles. The van der Waals surface area contributed by atoms with Crippen LogP contribution in [0.3, 0.4) is 0 Å². The first-order chi connectivity index (χ1) is 11.2. The summed E-state index contributed by atoms with van der Waals surface area (Å²) in [4.78, 5) is 23.5. The van der Waals surface area contributed by atoms with E-state index in [1.807, 2.05) is 65.8 Å². The zero-order chi connectivity index (χ0) is 17.9. The van der Waals surface area contributed by atoms with E-state index in [1.165, 1.54) is 0 Å². The summed E-state index contributed by atoms with van der Waals surface area (Å²) in [6.45, 7) is 12.5. The van der Waals surface area contributed by atoms with Gasteiger partial charge in [0.1, 0.15) is 5.69 Å². The predicted octanol–water partition coefficient (Wildman–Crippen LogP) is 3.97. The summed E-state index contributed by atoms with van der Waals surface area (Å²) in [6, 6.07) is 9.65. The van der Waals surface area contributed by atoms with Crippen molar-refractivity contribution >= 4 is 17.5 Å². The molecule has 0 saturated carbocycles. The molecule has 0 unspecified atom stereocenters. The fourth-order valence-electron chi connectivity index (χ4n) is 2.45. The molecule has 5 heteroatoms. The Morgan fingerprint density at radius 1 is 1.17 bits per heavy atom. The van der Waals surface area contributed by atoms with Crippen molar-refractivity contribution in [3.8, 4) is 0 Å². The summed E-state index contributed by atoms with van der Waals surface area (Å²) < 4.78 is 0. The molecule has 0 saturated heterocycles. The topological polar surface area (TPSA) is 58.1 Å². The van der Waals surface area contributed by atoms with Gasteiger partial charge in [-0.15, -0.1) is 0 Å². The normalized spacial score (nSPS) is 11.2. The Morgan fingerprint density at radius 3 is 2.46 bits per heavy atom. The summed E-state index contributed by atoms with van der Waals surface area (Å²) in [5.41, 5.74) is 2.99. The second-order valence-corrected chi connectivity index (χ2v) is 6.98. The molecule has 0 aliphatic carbocycles. The molecular weight excluding hydrogens is 300 g/mol. The largest absolute Gasteiger partial charge is 0.350 e. The standard InChI is InChI=1S/C19H26N4O/c1-7-23(15-10-8-9-13(2)11-15)17(24)16-12-14(3)20-18(21-16)22-19(4,5)6/h8-12H,7H2,1-6H3,(H,20,21,22). The summed E-state index contributed by atoms with van der Waals surface area (Å²) in [6.07, 6.45) is 0. The monoisotopic (exact) mass is 326 g/mol. The molecule has 0 radical (unpaired) electrons. The van der Waals surface area contributed by atoms with E-state index in [0.29, 0.717) is 18.2 Å². The fraction of sp³-hybridized carbons (Fsp3) is 0.421. The number of carbonyl (C=O) groups is 1. The van der Waals surface area contributed by atoms with Crippen LogP contribution in [0, 0.1) is 13.8 Å². The third kappa shape index (κ3) is 4.54. The molecule has 0 spiro atoms. The van der Waals surface area contributed by atoms with Crippen LogP contribution in [0.5, 0.6) is 0 Å². The average molecular weight is 326 g/mol. The first kappa shape index (κ1) is 17.9. The molecule has 2 aromatic rings. The maximum absolute atomic E-state index is 13.0. The van der Waals surface area contributed by atoms with Gasteiger partial charge in [0.15, 0.2) is 0 Å². The van der Waals surface area contributed by atoms with Gasteiger partial charge in [0, 0.05) is 23.5 Å². The van der Waals surface area contributed by atoms with Gasteiger partial charge >= 0.3 is 0 Å². The highest BCUT2D eigenvalue weighted by Crippen LogP contribution is 2.19. The number of carbonyl (C=O) groups excluding carboxylic acids is 1. The van der Waals surface area contributed by atoms with Crippen molar-refractivity contribution in [1.82, 2.24) is 9.97 Å². The van der Waals surface area contributed by atoms with Gasteiger partial charge in [0.2, 0.25) is 5.95 Å². The Balaban J connectivity index is 2.37. The zero-order valence-corrected chi connectivity index (χ0v) is 15.3. The van der Waals surface area contributed by atoms with E-state index in [9.17, 15) is 4.79 Å². The highest BCUT2D eigenvalue weighted by atomic mass is 16.2. The number of rotatable bonds is 4. The molecule has 0 aliphatic heterocycles. The molecule has 2 rings (SSSR count). The van der Waals surface area contributed by atoms with Crippen LogP contribution in [0.4, 0.5) is 11.6 Å². The van der Waals surface area contributed by atoms with Gasteiger partial charge < -0.3 is 10.2 Å². The minimum Gasteiger partial charge on any atom is -0.350 e. The van der Waals surface area contributed by atoms with E-state index >= 15 is 0 Å². The number of anilines is 2. The number of nitrogens with one attached hydrogen (secondary N) is 1. The van der Waals surface area contributed by atoms with Gasteiger partial charge in [-0.05, 0) is 65.3 Å². The molecule has 128 valence electrons. The zero-order valence-electron chi connectivity index (χ0n) is 15.3. The Kier molecular flexibility index (Phi) is 5.22. The molecule has 0 aliphatic rings. The molecule has 1 aromatic carbocycles. The Hall–Kier alpha value is -2.43. The van der Waals surface area contributed by atoms with E-state index in [4.69, 9.17) is 0 Å². The molecule has 5 nitrogen and oxygen atoms in total. The second kappa shape index (κ2) is 6.99. The lowest BCUT2D eigenvalue weighted by Crippen LogP contribution is -2.32. The van der Waals surface area contributed by atoms with Crippen LogP contribution in [0.25, 0.3) is 0 Å². The molecular formula is C19H26N4O. The van der Waals surface area contributed by atoms with Gasteiger partial charge in [-0.2, -0.15) is 0 Å². The Morgan fingerprint density at radius 2 is 1.88 bits per heavy atom. The number of nitrogens with zero attached hydrogens (tertiary/aromatic N) is 3. The van der Waals surface area contributed by atoms with Crippen LogP contribution in [0.15, 0.2) is 30.3 Å². The highest BCUT2D eigenvalue weighted by molar-refractivity contribution is 6.05. The summed E-state index contributed by atoms with van der Waals surface area (Å²) in [5, 5.41) is 3.23. The van der Waals surface area contributed by atoms with Crippen molar-refractivity contribution in [2.75, 3.05) is 16.8 Å². The summed E-state index contributed by atoms with van der Waals surface area (Å²) in [7, 11) is 0. The molecule has 24 heavy (non-hydrogen) atoms. The lowest BCUT2D eigenvalue weighted by molar-refractivity contribution is 0.0983.